The van der Waals surface area contributed by atoms with E-state index in [1.54, 1.807) is 18.2 Å². The van der Waals surface area contributed by atoms with Crippen molar-refractivity contribution in [1.82, 2.24) is 0 Å². The number of aliphatic carboxylic acids is 1. The van der Waals surface area contributed by atoms with Crippen molar-refractivity contribution < 1.29 is 16.0 Å². The van der Waals surface area contributed by atoms with Crippen LogP contribution in [0.3, 0.4) is 0 Å². The molecule has 0 spiro atoms. The van der Waals surface area contributed by atoms with Crippen molar-refractivity contribution in [3.05, 3.63) is 29.3 Å². The van der Waals surface area contributed by atoms with E-state index in [0.29, 0.717) is 5.75 Å². The molecule has 0 heterocycles. The third-order valence-corrected chi connectivity index (χ3v) is 2.12. The Balaban J connectivity index is 2.86. The molecule has 0 amide bonds. The van der Waals surface area contributed by atoms with Crippen molar-refractivity contribution in [3.8, 4) is 5.75 Å². The highest BCUT2D eigenvalue weighted by molar-refractivity contribution is 5.73. The number of hydrogen-bond donors (Lipinski definition) is 2. The number of rotatable bonds is 4. The quantitative estimate of drug-likeness (QED) is 0.776. The lowest BCUT2D eigenvalue weighted by Gasteiger charge is -2.09. The van der Waals surface area contributed by atoms with Crippen LogP contribution in [0.2, 0.25) is 0 Å². The van der Waals surface area contributed by atoms with Crippen molar-refractivity contribution >= 4 is 5.97 Å². The largest absolute Gasteiger partial charge is 0.496 e. The number of ether oxygens (including phenoxy) is 1. The zero-order valence-electron chi connectivity index (χ0n) is 9.56. The molecule has 1 rings (SSSR count). The van der Waals surface area contributed by atoms with Gasteiger partial charge in [0.1, 0.15) is 11.8 Å². The summed E-state index contributed by atoms with van der Waals surface area (Å²) in [6, 6.07) is 4.35. The van der Waals surface area contributed by atoms with Crippen molar-refractivity contribution in [2.45, 2.75) is 19.4 Å². The molecule has 4 nitrogen and oxygen atoms in total. The maximum absolute atomic E-state index is 10.6. The van der Waals surface area contributed by atoms with Crippen molar-refractivity contribution in [2.75, 3.05) is 7.11 Å². The second-order valence-corrected chi connectivity index (χ2v) is 3.30. The first-order chi connectivity index (χ1) is 7.58. The van der Waals surface area contributed by atoms with Crippen LogP contribution in [0, 0.1) is 6.90 Å². The SMILES string of the molecule is [2H]Cc1ccc(C[C@H](N)C(=O)O)cc1OC. The number of carbonyl (C=O) groups is 1. The van der Waals surface area contributed by atoms with E-state index in [9.17, 15) is 4.79 Å². The Bertz CT molecular complexity index is 381. The predicted octanol–water partition coefficient (Wildman–Crippen LogP) is 0.958. The summed E-state index contributed by atoms with van der Waals surface area (Å²) in [5.74, 6) is -0.423. The van der Waals surface area contributed by atoms with Gasteiger partial charge >= 0.3 is 5.97 Å². The molecular weight excluding hydrogens is 194 g/mol. The second kappa shape index (κ2) is 4.79. The molecule has 0 bridgehead atoms. The minimum absolute atomic E-state index is 0.133. The monoisotopic (exact) mass is 210 g/mol. The van der Waals surface area contributed by atoms with Gasteiger partial charge in [0.15, 0.2) is 0 Å². The zero-order valence-corrected chi connectivity index (χ0v) is 8.56. The summed E-state index contributed by atoms with van der Waals surface area (Å²) in [7, 11) is 1.52. The smallest absolute Gasteiger partial charge is 0.320 e. The van der Waals surface area contributed by atoms with E-state index < -0.39 is 12.0 Å². The number of hydrogen-bond acceptors (Lipinski definition) is 3. The van der Waals surface area contributed by atoms with E-state index in [1.807, 2.05) is 0 Å². The standard InChI is InChI=1S/C11H15NO3/c1-7-3-4-8(6-10(7)15-2)5-9(12)11(13)14/h3-4,6,9H,5,12H2,1-2H3,(H,13,14)/t9-/m0/s1/i1D. The Morgan fingerprint density at radius 1 is 1.73 bits per heavy atom. The van der Waals surface area contributed by atoms with Crippen molar-refractivity contribution in [3.63, 3.8) is 0 Å². The summed E-state index contributed by atoms with van der Waals surface area (Å²) in [5.41, 5.74) is 7.00. The third-order valence-electron chi connectivity index (χ3n) is 2.12. The maximum atomic E-state index is 10.6. The second-order valence-electron chi connectivity index (χ2n) is 3.30. The molecule has 1 aromatic rings. The summed E-state index contributed by atoms with van der Waals surface area (Å²) in [4.78, 5) is 10.6. The molecule has 0 unspecified atom stereocenters. The van der Waals surface area contributed by atoms with Crippen LogP contribution in [0.25, 0.3) is 0 Å². The number of methoxy groups -OCH3 is 1. The van der Waals surface area contributed by atoms with E-state index >= 15 is 0 Å². The number of aryl methyl sites for hydroxylation is 1. The first-order valence-corrected chi connectivity index (χ1v) is 4.52. The molecule has 1 atom stereocenters. The molecule has 3 N–H and O–H groups in total. The van der Waals surface area contributed by atoms with Gasteiger partial charge in [0.05, 0.1) is 7.11 Å². The van der Waals surface area contributed by atoms with E-state index in [0.717, 1.165) is 11.1 Å². The molecule has 0 aromatic heterocycles. The van der Waals surface area contributed by atoms with Gasteiger partial charge in [0.2, 0.25) is 0 Å². The molecule has 0 saturated heterocycles. The number of nitrogens with two attached hydrogens (primary N) is 1. The fraction of sp³-hybridized carbons (Fsp3) is 0.364. The molecule has 0 aliphatic rings. The van der Waals surface area contributed by atoms with Crippen LogP contribution in [0.15, 0.2) is 18.2 Å². The van der Waals surface area contributed by atoms with E-state index in [2.05, 4.69) is 0 Å². The lowest BCUT2D eigenvalue weighted by atomic mass is 10.0. The predicted molar refractivity (Wildman–Crippen MR) is 57.0 cm³/mol. The van der Waals surface area contributed by atoms with E-state index in [4.69, 9.17) is 16.9 Å². The van der Waals surface area contributed by atoms with Gasteiger partial charge in [-0.1, -0.05) is 12.1 Å². The van der Waals surface area contributed by atoms with Gasteiger partial charge in [-0.3, -0.25) is 4.79 Å². The number of carboxylic acids is 1. The topological polar surface area (TPSA) is 72.6 Å². The van der Waals surface area contributed by atoms with E-state index in [1.165, 1.54) is 7.11 Å². The van der Waals surface area contributed by atoms with Gasteiger partial charge in [-0.05, 0) is 30.5 Å². The highest BCUT2D eigenvalue weighted by Crippen LogP contribution is 2.19. The lowest BCUT2D eigenvalue weighted by Crippen LogP contribution is -2.32. The molecule has 0 aliphatic carbocycles. The molecule has 0 aliphatic heterocycles. The highest BCUT2D eigenvalue weighted by atomic mass is 16.5. The molecule has 0 saturated carbocycles. The van der Waals surface area contributed by atoms with Crippen LogP contribution < -0.4 is 10.5 Å². The van der Waals surface area contributed by atoms with Crippen LogP contribution >= 0.6 is 0 Å². The van der Waals surface area contributed by atoms with Gasteiger partial charge in [0, 0.05) is 1.37 Å². The summed E-state index contributed by atoms with van der Waals surface area (Å²) in [6.45, 7) is 0.133. The van der Waals surface area contributed by atoms with Gasteiger partial charge in [-0.25, -0.2) is 0 Å². The first kappa shape index (κ1) is 9.98. The molecule has 82 valence electrons. The van der Waals surface area contributed by atoms with Crippen LogP contribution in [-0.4, -0.2) is 24.2 Å². The molecule has 1 aromatic carbocycles. The van der Waals surface area contributed by atoms with Crippen LogP contribution in [0.4, 0.5) is 0 Å². The highest BCUT2D eigenvalue weighted by Gasteiger charge is 2.12. The van der Waals surface area contributed by atoms with Crippen LogP contribution in [-0.2, 0) is 11.2 Å². The van der Waals surface area contributed by atoms with Crippen molar-refractivity contribution in [2.24, 2.45) is 5.73 Å². The average Bonchev–Trinajstić information content (AvgIpc) is 2.28. The molecule has 0 radical (unpaired) electrons. The number of benzene rings is 1. The average molecular weight is 210 g/mol. The Morgan fingerprint density at radius 3 is 3.00 bits per heavy atom. The van der Waals surface area contributed by atoms with Gasteiger partial charge < -0.3 is 15.6 Å². The van der Waals surface area contributed by atoms with Gasteiger partial charge in [-0.15, -0.1) is 0 Å². The Kier molecular flexibility index (Phi) is 3.19. The Hall–Kier alpha value is -1.55. The fourth-order valence-corrected chi connectivity index (χ4v) is 1.26. The third kappa shape index (κ3) is 2.95. The Morgan fingerprint density at radius 2 is 2.47 bits per heavy atom. The summed E-state index contributed by atoms with van der Waals surface area (Å²) in [5, 5.41) is 8.68. The summed E-state index contributed by atoms with van der Waals surface area (Å²) >= 11 is 0. The van der Waals surface area contributed by atoms with Gasteiger partial charge in [0.25, 0.3) is 0 Å². The normalized spacial score (nSPS) is 13.1. The Labute approximate surface area is 90.1 Å². The first-order valence-electron chi connectivity index (χ1n) is 5.22. The van der Waals surface area contributed by atoms with Crippen LogP contribution in [0.1, 0.15) is 12.5 Å². The van der Waals surface area contributed by atoms with E-state index in [-0.39, 0.29) is 13.3 Å². The minimum Gasteiger partial charge on any atom is -0.496 e. The summed E-state index contributed by atoms with van der Waals surface area (Å²) < 4.78 is 12.4. The molecule has 15 heavy (non-hydrogen) atoms. The number of carboxylic acid groups (broad SMARTS) is 1. The zero-order chi connectivity index (χ0) is 12.1. The van der Waals surface area contributed by atoms with Gasteiger partial charge in [-0.2, -0.15) is 0 Å². The summed E-state index contributed by atoms with van der Waals surface area (Å²) in [6.07, 6.45) is 0.254. The fourth-order valence-electron chi connectivity index (χ4n) is 1.26. The van der Waals surface area contributed by atoms with Crippen molar-refractivity contribution in [1.29, 1.82) is 0 Å². The molecule has 0 fully saturated rings. The minimum atomic E-state index is -1.02. The van der Waals surface area contributed by atoms with Crippen LogP contribution in [0.5, 0.6) is 5.75 Å². The molecular formula is C11H15NO3. The lowest BCUT2D eigenvalue weighted by molar-refractivity contribution is -0.138. The molecule has 4 heteroatoms. The maximum Gasteiger partial charge on any atom is 0.320 e.